The van der Waals surface area contributed by atoms with E-state index in [2.05, 4.69) is 10.6 Å². The van der Waals surface area contributed by atoms with Crippen LogP contribution in [0.3, 0.4) is 0 Å². The zero-order valence-corrected chi connectivity index (χ0v) is 15.1. The molecule has 0 radical (unpaired) electrons. The average molecular weight is 363 g/mol. The van der Waals surface area contributed by atoms with Crippen LogP contribution in [0.15, 0.2) is 53.4 Å². The molecule has 1 atom stereocenters. The highest BCUT2D eigenvalue weighted by molar-refractivity contribution is 8.00. The van der Waals surface area contributed by atoms with E-state index in [4.69, 9.17) is 11.6 Å². The van der Waals surface area contributed by atoms with Crippen molar-refractivity contribution in [1.29, 1.82) is 0 Å². The minimum atomic E-state index is -0.193. The highest BCUT2D eigenvalue weighted by Gasteiger charge is 2.18. The van der Waals surface area contributed by atoms with Gasteiger partial charge in [-0.1, -0.05) is 18.5 Å². The van der Waals surface area contributed by atoms with Crippen LogP contribution >= 0.6 is 23.4 Å². The van der Waals surface area contributed by atoms with Crippen molar-refractivity contribution in [3.8, 4) is 0 Å². The number of carbonyl (C=O) groups is 2. The van der Waals surface area contributed by atoms with Gasteiger partial charge in [-0.3, -0.25) is 9.59 Å². The second-order valence-corrected chi connectivity index (χ2v) is 6.93. The van der Waals surface area contributed by atoms with E-state index in [1.54, 1.807) is 24.3 Å². The third kappa shape index (κ3) is 5.58. The Kier molecular flexibility index (Phi) is 6.70. The van der Waals surface area contributed by atoms with Gasteiger partial charge in [-0.15, -0.1) is 11.8 Å². The van der Waals surface area contributed by atoms with E-state index in [1.807, 2.05) is 31.2 Å². The van der Waals surface area contributed by atoms with Crippen molar-refractivity contribution in [1.82, 2.24) is 0 Å². The lowest BCUT2D eigenvalue weighted by Crippen LogP contribution is -2.24. The molecule has 2 aromatic rings. The summed E-state index contributed by atoms with van der Waals surface area (Å²) >= 11 is 7.39. The summed E-state index contributed by atoms with van der Waals surface area (Å²) in [6, 6.07) is 14.5. The van der Waals surface area contributed by atoms with Crippen LogP contribution in [0, 0.1) is 0 Å². The van der Waals surface area contributed by atoms with Gasteiger partial charge in [0.25, 0.3) is 0 Å². The SMILES string of the molecule is CC[C@@H](Sc1ccc(Cl)cc1)C(=O)Nc1ccc(NC(C)=O)cc1. The molecule has 0 fully saturated rings. The molecular weight excluding hydrogens is 344 g/mol. The van der Waals surface area contributed by atoms with Crippen LogP contribution in [0.4, 0.5) is 11.4 Å². The average Bonchev–Trinajstić information content (AvgIpc) is 2.55. The van der Waals surface area contributed by atoms with Gasteiger partial charge in [-0.05, 0) is 55.0 Å². The number of rotatable bonds is 6. The Morgan fingerprint density at radius 2 is 1.54 bits per heavy atom. The Morgan fingerprint density at radius 3 is 2.04 bits per heavy atom. The van der Waals surface area contributed by atoms with E-state index in [-0.39, 0.29) is 17.1 Å². The van der Waals surface area contributed by atoms with Crippen molar-refractivity contribution < 1.29 is 9.59 Å². The Labute approximate surface area is 151 Å². The molecule has 0 aliphatic carbocycles. The van der Waals surface area contributed by atoms with E-state index in [9.17, 15) is 9.59 Å². The Balaban J connectivity index is 1.98. The number of nitrogens with one attached hydrogen (secondary N) is 2. The first-order valence-electron chi connectivity index (χ1n) is 7.58. The van der Waals surface area contributed by atoms with Gasteiger partial charge in [-0.2, -0.15) is 0 Å². The summed E-state index contributed by atoms with van der Waals surface area (Å²) in [4.78, 5) is 24.5. The van der Waals surface area contributed by atoms with Crippen LogP contribution in [0.2, 0.25) is 5.02 Å². The van der Waals surface area contributed by atoms with Gasteiger partial charge in [-0.25, -0.2) is 0 Å². The van der Waals surface area contributed by atoms with Crippen LogP contribution in [0.5, 0.6) is 0 Å². The van der Waals surface area contributed by atoms with Crippen LogP contribution < -0.4 is 10.6 Å². The molecule has 4 nitrogen and oxygen atoms in total. The lowest BCUT2D eigenvalue weighted by Gasteiger charge is -2.15. The summed E-state index contributed by atoms with van der Waals surface area (Å²) in [6.45, 7) is 3.43. The van der Waals surface area contributed by atoms with Crippen molar-refractivity contribution >= 4 is 46.6 Å². The van der Waals surface area contributed by atoms with E-state index in [1.165, 1.54) is 18.7 Å². The fraction of sp³-hybridized carbons (Fsp3) is 0.222. The molecule has 0 bridgehead atoms. The van der Waals surface area contributed by atoms with Gasteiger partial charge < -0.3 is 10.6 Å². The first kappa shape index (κ1) is 18.4. The van der Waals surface area contributed by atoms with Crippen molar-refractivity contribution in [3.05, 3.63) is 53.6 Å². The molecule has 0 aliphatic rings. The number of halogens is 1. The maximum atomic E-state index is 12.4. The maximum absolute atomic E-state index is 12.4. The van der Waals surface area contributed by atoms with Gasteiger partial charge in [0.05, 0.1) is 5.25 Å². The van der Waals surface area contributed by atoms with E-state index in [0.29, 0.717) is 22.8 Å². The van der Waals surface area contributed by atoms with E-state index in [0.717, 1.165) is 4.90 Å². The summed E-state index contributed by atoms with van der Waals surface area (Å²) < 4.78 is 0. The number of hydrogen-bond acceptors (Lipinski definition) is 3. The van der Waals surface area contributed by atoms with Crippen molar-refractivity contribution in [2.45, 2.75) is 30.4 Å². The summed E-state index contributed by atoms with van der Waals surface area (Å²) in [6.07, 6.45) is 0.711. The fourth-order valence-electron chi connectivity index (χ4n) is 2.06. The molecule has 0 saturated carbocycles. The van der Waals surface area contributed by atoms with Crippen molar-refractivity contribution in [3.63, 3.8) is 0 Å². The molecule has 24 heavy (non-hydrogen) atoms. The monoisotopic (exact) mass is 362 g/mol. The fourth-order valence-corrected chi connectivity index (χ4v) is 3.14. The highest BCUT2D eigenvalue weighted by Crippen LogP contribution is 2.27. The second kappa shape index (κ2) is 8.76. The third-order valence-electron chi connectivity index (χ3n) is 3.23. The number of carbonyl (C=O) groups excluding carboxylic acids is 2. The molecule has 0 heterocycles. The topological polar surface area (TPSA) is 58.2 Å². The maximum Gasteiger partial charge on any atom is 0.237 e. The van der Waals surface area contributed by atoms with Gasteiger partial charge in [0.15, 0.2) is 0 Å². The van der Waals surface area contributed by atoms with Crippen LogP contribution in [0.25, 0.3) is 0 Å². The predicted molar refractivity (Wildman–Crippen MR) is 101 cm³/mol. The summed E-state index contributed by atoms with van der Waals surface area (Å²) in [5.74, 6) is -0.179. The molecular formula is C18H19ClN2O2S. The zero-order valence-electron chi connectivity index (χ0n) is 13.5. The van der Waals surface area contributed by atoms with Crippen LogP contribution in [-0.4, -0.2) is 17.1 Å². The standard InChI is InChI=1S/C18H19ClN2O2S/c1-3-17(24-16-10-4-13(19)5-11-16)18(23)21-15-8-6-14(7-9-15)20-12(2)22/h4-11,17H,3H2,1-2H3,(H,20,22)(H,21,23)/t17-/m1/s1. The molecule has 0 saturated heterocycles. The van der Waals surface area contributed by atoms with E-state index >= 15 is 0 Å². The number of anilines is 2. The Morgan fingerprint density at radius 1 is 1.00 bits per heavy atom. The predicted octanol–water partition coefficient (Wildman–Crippen LogP) is 4.81. The second-order valence-electron chi connectivity index (χ2n) is 5.22. The van der Waals surface area contributed by atoms with Gasteiger partial charge in [0.1, 0.15) is 0 Å². The quantitative estimate of drug-likeness (QED) is 0.725. The first-order chi connectivity index (χ1) is 11.5. The summed E-state index contributed by atoms with van der Waals surface area (Å²) in [7, 11) is 0. The highest BCUT2D eigenvalue weighted by atomic mass is 35.5. The largest absolute Gasteiger partial charge is 0.326 e. The van der Waals surface area contributed by atoms with Crippen molar-refractivity contribution in [2.75, 3.05) is 10.6 Å². The normalized spacial score (nSPS) is 11.6. The smallest absolute Gasteiger partial charge is 0.237 e. The van der Waals surface area contributed by atoms with Gasteiger partial charge in [0, 0.05) is 28.2 Å². The minimum Gasteiger partial charge on any atom is -0.326 e. The first-order valence-corrected chi connectivity index (χ1v) is 8.84. The molecule has 2 rings (SSSR count). The van der Waals surface area contributed by atoms with Crippen LogP contribution in [-0.2, 0) is 9.59 Å². The zero-order chi connectivity index (χ0) is 17.5. The molecule has 0 unspecified atom stereocenters. The lowest BCUT2D eigenvalue weighted by atomic mass is 10.2. The van der Waals surface area contributed by atoms with Crippen molar-refractivity contribution in [2.24, 2.45) is 0 Å². The summed E-state index contributed by atoms with van der Waals surface area (Å²) in [5.41, 5.74) is 1.40. The molecule has 2 N–H and O–H groups in total. The molecule has 0 aliphatic heterocycles. The lowest BCUT2D eigenvalue weighted by molar-refractivity contribution is -0.116. The Bertz CT molecular complexity index is 702. The molecule has 6 heteroatoms. The number of thioether (sulfide) groups is 1. The molecule has 0 aromatic heterocycles. The number of amides is 2. The number of hydrogen-bond donors (Lipinski definition) is 2. The van der Waals surface area contributed by atoms with Gasteiger partial charge in [0.2, 0.25) is 11.8 Å². The van der Waals surface area contributed by atoms with Crippen LogP contribution in [0.1, 0.15) is 20.3 Å². The Hall–Kier alpha value is -1.98. The molecule has 126 valence electrons. The number of benzene rings is 2. The molecule has 2 amide bonds. The molecule has 0 spiro atoms. The van der Waals surface area contributed by atoms with Gasteiger partial charge >= 0.3 is 0 Å². The third-order valence-corrected chi connectivity index (χ3v) is 4.86. The summed E-state index contributed by atoms with van der Waals surface area (Å²) in [5, 5.41) is 6.08. The van der Waals surface area contributed by atoms with E-state index < -0.39 is 0 Å². The molecule has 2 aromatic carbocycles. The minimum absolute atomic E-state index is 0.0512.